The molecular weight excluding hydrogens is 526 g/mol. The van der Waals surface area contributed by atoms with Crippen molar-refractivity contribution < 1.29 is 13.2 Å². The van der Waals surface area contributed by atoms with Gasteiger partial charge in [0, 0.05) is 18.2 Å². The molecule has 192 valence electrons. The monoisotopic (exact) mass is 553 g/mol. The van der Waals surface area contributed by atoms with Crippen LogP contribution in [0.2, 0.25) is 5.02 Å². The molecule has 0 radical (unpaired) electrons. The van der Waals surface area contributed by atoms with Gasteiger partial charge in [-0.15, -0.1) is 0 Å². The number of halogens is 1. The molecule has 0 aliphatic carbocycles. The van der Waals surface area contributed by atoms with Crippen LogP contribution in [0.1, 0.15) is 48.5 Å². The van der Waals surface area contributed by atoms with Crippen molar-refractivity contribution >= 4 is 54.2 Å². The number of fused-ring (bicyclic) bond motifs is 1. The van der Waals surface area contributed by atoms with Crippen LogP contribution in [-0.4, -0.2) is 36.2 Å². The Labute approximate surface area is 226 Å². The summed E-state index contributed by atoms with van der Waals surface area (Å²) in [6, 6.07) is 21.6. The van der Waals surface area contributed by atoms with Crippen LogP contribution in [-0.2, 0) is 16.6 Å². The van der Waals surface area contributed by atoms with Gasteiger partial charge >= 0.3 is 0 Å². The van der Waals surface area contributed by atoms with Gasteiger partial charge in [0.2, 0.25) is 10.0 Å². The molecule has 1 amide bonds. The number of carbonyl (C=O) groups is 1. The molecule has 1 aliphatic heterocycles. The molecule has 1 aliphatic rings. The van der Waals surface area contributed by atoms with E-state index >= 15 is 0 Å². The maximum absolute atomic E-state index is 13.8. The highest BCUT2D eigenvalue weighted by Crippen LogP contribution is 2.34. The molecule has 4 aromatic rings. The van der Waals surface area contributed by atoms with Crippen molar-refractivity contribution in [2.45, 2.75) is 50.1 Å². The molecule has 0 saturated carbocycles. The van der Waals surface area contributed by atoms with Crippen LogP contribution in [0.25, 0.3) is 10.2 Å². The highest BCUT2D eigenvalue weighted by atomic mass is 35.5. The van der Waals surface area contributed by atoms with Crippen molar-refractivity contribution in [3.63, 3.8) is 0 Å². The predicted octanol–water partition coefficient (Wildman–Crippen LogP) is 6.75. The Hall–Kier alpha value is -2.78. The number of para-hydroxylation sites is 1. The number of sulfonamides is 1. The number of nitrogens with zero attached hydrogens (tertiary/aromatic N) is 3. The average Bonchev–Trinajstić information content (AvgIpc) is 3.37. The minimum Gasteiger partial charge on any atom is -0.279 e. The molecule has 0 bridgehead atoms. The summed E-state index contributed by atoms with van der Waals surface area (Å²) in [7, 11) is -3.63. The van der Waals surface area contributed by atoms with E-state index in [-0.39, 0.29) is 16.8 Å². The van der Waals surface area contributed by atoms with E-state index < -0.39 is 10.0 Å². The van der Waals surface area contributed by atoms with Crippen molar-refractivity contribution in [2.24, 2.45) is 0 Å². The summed E-state index contributed by atoms with van der Waals surface area (Å²) in [6.07, 6.45) is 3.59. The van der Waals surface area contributed by atoms with Crippen LogP contribution >= 0.6 is 22.9 Å². The van der Waals surface area contributed by atoms with Gasteiger partial charge in [-0.05, 0) is 61.2 Å². The molecule has 1 atom stereocenters. The molecule has 6 nitrogen and oxygen atoms in total. The van der Waals surface area contributed by atoms with Gasteiger partial charge in [-0.3, -0.25) is 9.69 Å². The average molecular weight is 554 g/mol. The summed E-state index contributed by atoms with van der Waals surface area (Å²) in [5.41, 5.74) is 2.01. The van der Waals surface area contributed by atoms with Crippen molar-refractivity contribution in [3.05, 3.63) is 88.9 Å². The lowest BCUT2D eigenvalue weighted by molar-refractivity contribution is 0.0985. The van der Waals surface area contributed by atoms with Gasteiger partial charge in [0.25, 0.3) is 5.91 Å². The fourth-order valence-electron chi connectivity index (χ4n) is 4.77. The van der Waals surface area contributed by atoms with Crippen LogP contribution in [0, 0.1) is 0 Å². The van der Waals surface area contributed by atoms with Gasteiger partial charge in [-0.2, -0.15) is 4.31 Å². The van der Waals surface area contributed by atoms with Gasteiger partial charge in [-0.1, -0.05) is 72.7 Å². The Bertz CT molecular complexity index is 1500. The number of piperidine rings is 1. The molecule has 0 N–H and O–H groups in total. The Morgan fingerprint density at radius 2 is 1.81 bits per heavy atom. The standard InChI is InChI=1S/C28H28ClN3O3S2/c1-2-22-11-6-7-18-32(22)37(34,35)23-16-14-21(15-17-23)27(33)31(19-20-9-4-3-5-10-20)28-30-26-24(29)12-8-13-25(26)36-28/h3-5,8-10,12-17,22H,2,6-7,11,18-19H2,1H3. The van der Waals surface area contributed by atoms with E-state index in [0.717, 1.165) is 35.9 Å². The van der Waals surface area contributed by atoms with Gasteiger partial charge in [0.1, 0.15) is 5.52 Å². The zero-order valence-corrected chi connectivity index (χ0v) is 22.9. The molecule has 0 spiro atoms. The van der Waals surface area contributed by atoms with Crippen LogP contribution in [0.5, 0.6) is 0 Å². The number of hydrogen-bond acceptors (Lipinski definition) is 5. The van der Waals surface area contributed by atoms with E-state index in [1.54, 1.807) is 39.5 Å². The molecule has 1 aromatic heterocycles. The van der Waals surface area contributed by atoms with Crippen LogP contribution in [0.4, 0.5) is 5.13 Å². The number of carbonyl (C=O) groups excluding carboxylic acids is 1. The Kier molecular flexibility index (Phi) is 7.62. The van der Waals surface area contributed by atoms with Gasteiger partial charge < -0.3 is 0 Å². The van der Waals surface area contributed by atoms with E-state index in [9.17, 15) is 13.2 Å². The highest BCUT2D eigenvalue weighted by molar-refractivity contribution is 7.89. The van der Waals surface area contributed by atoms with Crippen molar-refractivity contribution in [3.8, 4) is 0 Å². The lowest BCUT2D eigenvalue weighted by Gasteiger charge is -2.34. The number of rotatable bonds is 7. The summed E-state index contributed by atoms with van der Waals surface area (Å²) in [5, 5.41) is 1.07. The van der Waals surface area contributed by atoms with E-state index in [2.05, 4.69) is 4.98 Å². The molecule has 1 unspecified atom stereocenters. The summed E-state index contributed by atoms with van der Waals surface area (Å²) < 4.78 is 29.3. The quantitative estimate of drug-likeness (QED) is 0.254. The molecule has 5 rings (SSSR count). The maximum atomic E-state index is 13.8. The lowest BCUT2D eigenvalue weighted by atomic mass is 10.0. The van der Waals surface area contributed by atoms with E-state index in [1.807, 2.05) is 49.4 Å². The first-order valence-electron chi connectivity index (χ1n) is 12.4. The zero-order valence-electron chi connectivity index (χ0n) is 20.5. The van der Waals surface area contributed by atoms with Crippen LogP contribution in [0.15, 0.2) is 77.7 Å². The normalized spacial score (nSPS) is 16.6. The van der Waals surface area contributed by atoms with Crippen molar-refractivity contribution in [1.29, 1.82) is 0 Å². The van der Waals surface area contributed by atoms with Gasteiger partial charge in [0.05, 0.1) is 21.2 Å². The maximum Gasteiger partial charge on any atom is 0.260 e. The predicted molar refractivity (Wildman–Crippen MR) is 150 cm³/mol. The molecule has 1 fully saturated rings. The van der Waals surface area contributed by atoms with Crippen LogP contribution < -0.4 is 4.90 Å². The summed E-state index contributed by atoms with van der Waals surface area (Å²) in [6.45, 7) is 2.88. The first-order chi connectivity index (χ1) is 17.9. The molecule has 1 saturated heterocycles. The smallest absolute Gasteiger partial charge is 0.260 e. The number of benzene rings is 3. The summed E-state index contributed by atoms with van der Waals surface area (Å²) in [4.78, 5) is 20.3. The summed E-state index contributed by atoms with van der Waals surface area (Å²) >= 11 is 7.75. The Balaban J connectivity index is 1.47. The second kappa shape index (κ2) is 10.9. The van der Waals surface area contributed by atoms with Crippen LogP contribution in [0.3, 0.4) is 0 Å². The second-order valence-corrected chi connectivity index (χ2v) is 12.5. The lowest BCUT2D eigenvalue weighted by Crippen LogP contribution is -2.43. The number of thiazole rings is 1. The fraction of sp³-hybridized carbons (Fsp3) is 0.286. The molecule has 3 aromatic carbocycles. The minimum atomic E-state index is -3.63. The van der Waals surface area contributed by atoms with E-state index in [1.165, 1.54) is 11.3 Å². The fourth-order valence-corrected chi connectivity index (χ4v) is 7.80. The Morgan fingerprint density at radius 3 is 2.51 bits per heavy atom. The number of aromatic nitrogens is 1. The second-order valence-electron chi connectivity index (χ2n) is 9.16. The zero-order chi connectivity index (χ0) is 26.0. The third kappa shape index (κ3) is 5.29. The summed E-state index contributed by atoms with van der Waals surface area (Å²) in [5.74, 6) is -0.257. The SMILES string of the molecule is CCC1CCCCN1S(=O)(=O)c1ccc(C(=O)N(Cc2ccccc2)c2nc3c(Cl)cccc3s2)cc1. The molecule has 9 heteroatoms. The number of amides is 1. The highest BCUT2D eigenvalue weighted by Gasteiger charge is 2.32. The number of hydrogen-bond donors (Lipinski definition) is 0. The van der Waals surface area contributed by atoms with Crippen molar-refractivity contribution in [1.82, 2.24) is 9.29 Å². The van der Waals surface area contributed by atoms with Gasteiger partial charge in [0.15, 0.2) is 5.13 Å². The first-order valence-corrected chi connectivity index (χ1v) is 15.0. The number of anilines is 1. The first kappa shape index (κ1) is 25.9. The third-order valence-electron chi connectivity index (χ3n) is 6.77. The largest absolute Gasteiger partial charge is 0.279 e. The Morgan fingerprint density at radius 1 is 1.05 bits per heavy atom. The topological polar surface area (TPSA) is 70.6 Å². The molecular formula is C28H28ClN3O3S2. The minimum absolute atomic E-state index is 0.0206. The third-order valence-corrected chi connectivity index (χ3v) is 10.1. The molecule has 37 heavy (non-hydrogen) atoms. The van der Waals surface area contributed by atoms with Crippen molar-refractivity contribution in [2.75, 3.05) is 11.4 Å². The van der Waals surface area contributed by atoms with E-state index in [0.29, 0.717) is 34.3 Å². The van der Waals surface area contributed by atoms with E-state index in [4.69, 9.17) is 11.6 Å². The molecule has 2 heterocycles. The van der Waals surface area contributed by atoms with Gasteiger partial charge in [-0.25, -0.2) is 13.4 Å².